The van der Waals surface area contributed by atoms with Crippen LogP contribution in [0.25, 0.3) is 11.3 Å². The Kier molecular flexibility index (Phi) is 6.17. The van der Waals surface area contributed by atoms with E-state index in [1.54, 1.807) is 0 Å². The largest absolute Gasteiger partial charge is 0.356 e. The number of hydrogen-bond donors (Lipinski definition) is 0. The molecular weight excluding hydrogens is 450 g/mol. The zero-order valence-electron chi connectivity index (χ0n) is 19.5. The Labute approximate surface area is 204 Å². The number of carbonyl (C=O) groups is 2. The van der Waals surface area contributed by atoms with Crippen molar-refractivity contribution < 1.29 is 14.1 Å². The second-order valence-corrected chi connectivity index (χ2v) is 9.43. The SMILES string of the molecule is CCc1cccc(CC)c1N1CC(C(=O)N2CCc3c(noc3-c3ccc(Cl)cc3)C2)CC1=O. The minimum absolute atomic E-state index is 0.0181. The number of rotatable bonds is 5. The van der Waals surface area contributed by atoms with Gasteiger partial charge in [0.25, 0.3) is 0 Å². The maximum atomic E-state index is 13.4. The van der Waals surface area contributed by atoms with Gasteiger partial charge in [-0.25, -0.2) is 0 Å². The molecule has 0 saturated carbocycles. The molecule has 176 valence electrons. The van der Waals surface area contributed by atoms with Crippen LogP contribution in [0.3, 0.4) is 0 Å². The summed E-state index contributed by atoms with van der Waals surface area (Å²) < 4.78 is 5.65. The Balaban J connectivity index is 1.33. The van der Waals surface area contributed by atoms with Crippen molar-refractivity contribution in [2.24, 2.45) is 5.92 Å². The average molecular weight is 478 g/mol. The predicted octanol–water partition coefficient (Wildman–Crippen LogP) is 5.06. The van der Waals surface area contributed by atoms with Crippen LogP contribution in [0.5, 0.6) is 0 Å². The van der Waals surface area contributed by atoms with E-state index < -0.39 is 0 Å². The first-order valence-electron chi connectivity index (χ1n) is 11.9. The Morgan fingerprint density at radius 3 is 2.50 bits per heavy atom. The molecule has 3 aromatic rings. The van der Waals surface area contributed by atoms with Gasteiger partial charge in [0.15, 0.2) is 5.76 Å². The molecular formula is C27H28ClN3O3. The summed E-state index contributed by atoms with van der Waals surface area (Å²) in [5.74, 6) is 0.443. The molecule has 2 aliphatic heterocycles. The van der Waals surface area contributed by atoms with Crippen molar-refractivity contribution in [2.45, 2.75) is 46.1 Å². The molecule has 7 heteroatoms. The van der Waals surface area contributed by atoms with Crippen molar-refractivity contribution in [1.82, 2.24) is 10.1 Å². The van der Waals surface area contributed by atoms with Gasteiger partial charge in [0, 0.05) is 41.3 Å². The molecule has 0 bridgehead atoms. The van der Waals surface area contributed by atoms with Gasteiger partial charge in [-0.2, -0.15) is 0 Å². The Morgan fingerprint density at radius 1 is 1.12 bits per heavy atom. The van der Waals surface area contributed by atoms with Gasteiger partial charge in [0.05, 0.1) is 12.5 Å². The second kappa shape index (κ2) is 9.26. The number of aromatic nitrogens is 1. The zero-order chi connectivity index (χ0) is 23.8. The first-order valence-corrected chi connectivity index (χ1v) is 12.3. The number of aryl methyl sites for hydroxylation is 2. The lowest BCUT2D eigenvalue weighted by Gasteiger charge is -2.29. The highest BCUT2D eigenvalue weighted by Gasteiger charge is 2.39. The van der Waals surface area contributed by atoms with Crippen molar-refractivity contribution in [2.75, 3.05) is 18.0 Å². The topological polar surface area (TPSA) is 66.7 Å². The average Bonchev–Trinajstić information content (AvgIpc) is 3.46. The van der Waals surface area contributed by atoms with Crippen LogP contribution in [0.15, 0.2) is 47.0 Å². The lowest BCUT2D eigenvalue weighted by molar-refractivity contribution is -0.136. The summed E-state index contributed by atoms with van der Waals surface area (Å²) in [6, 6.07) is 13.7. The highest BCUT2D eigenvalue weighted by atomic mass is 35.5. The van der Waals surface area contributed by atoms with Gasteiger partial charge in [-0.3, -0.25) is 9.59 Å². The van der Waals surface area contributed by atoms with Crippen LogP contribution in [0.1, 0.15) is 42.7 Å². The number of halogens is 1. The van der Waals surface area contributed by atoms with E-state index in [0.29, 0.717) is 31.1 Å². The maximum Gasteiger partial charge on any atom is 0.228 e. The van der Waals surface area contributed by atoms with Gasteiger partial charge in [0.1, 0.15) is 5.69 Å². The summed E-state index contributed by atoms with van der Waals surface area (Å²) in [6.07, 6.45) is 2.62. The molecule has 1 fully saturated rings. The summed E-state index contributed by atoms with van der Waals surface area (Å²) in [4.78, 5) is 30.1. The maximum absolute atomic E-state index is 13.4. The van der Waals surface area contributed by atoms with Crippen LogP contribution >= 0.6 is 11.6 Å². The van der Waals surface area contributed by atoms with Crippen LogP contribution in [-0.2, 0) is 35.4 Å². The molecule has 1 unspecified atom stereocenters. The molecule has 2 aromatic carbocycles. The summed E-state index contributed by atoms with van der Waals surface area (Å²) in [5, 5.41) is 4.93. The van der Waals surface area contributed by atoms with E-state index in [1.165, 1.54) is 0 Å². The lowest BCUT2D eigenvalue weighted by atomic mass is 9.99. The van der Waals surface area contributed by atoms with E-state index in [9.17, 15) is 9.59 Å². The monoisotopic (exact) mass is 477 g/mol. The van der Waals surface area contributed by atoms with E-state index in [4.69, 9.17) is 16.1 Å². The molecule has 0 aliphatic carbocycles. The second-order valence-electron chi connectivity index (χ2n) is 8.99. The molecule has 1 atom stereocenters. The zero-order valence-corrected chi connectivity index (χ0v) is 20.3. The fourth-order valence-corrected chi connectivity index (χ4v) is 5.28. The molecule has 0 radical (unpaired) electrons. The van der Waals surface area contributed by atoms with Gasteiger partial charge in [-0.15, -0.1) is 0 Å². The molecule has 1 aromatic heterocycles. The molecule has 5 rings (SSSR count). The fourth-order valence-electron chi connectivity index (χ4n) is 5.16. The normalized spacial score (nSPS) is 17.9. The standard InChI is InChI=1S/C27H28ClN3O3/c1-3-17-6-5-7-18(4-2)25(17)31-15-20(14-24(31)32)27(33)30-13-12-22-23(16-30)29-34-26(22)19-8-10-21(28)11-9-19/h5-11,20H,3-4,12-16H2,1-2H3. The molecule has 2 amide bonds. The molecule has 6 nitrogen and oxygen atoms in total. The van der Waals surface area contributed by atoms with Crippen LogP contribution in [0, 0.1) is 5.92 Å². The number of benzene rings is 2. The molecule has 0 spiro atoms. The summed E-state index contributed by atoms with van der Waals surface area (Å²) in [6.45, 7) is 5.62. The van der Waals surface area contributed by atoms with Crippen molar-refractivity contribution in [1.29, 1.82) is 0 Å². The Bertz CT molecular complexity index is 1210. The van der Waals surface area contributed by atoms with Crippen LogP contribution < -0.4 is 4.90 Å². The van der Waals surface area contributed by atoms with E-state index in [-0.39, 0.29) is 24.2 Å². The number of anilines is 1. The first kappa shape index (κ1) is 22.7. The minimum atomic E-state index is -0.341. The summed E-state index contributed by atoms with van der Waals surface area (Å²) in [5.41, 5.74) is 6.06. The number of hydrogen-bond acceptors (Lipinski definition) is 4. The summed E-state index contributed by atoms with van der Waals surface area (Å²) >= 11 is 6.01. The van der Waals surface area contributed by atoms with E-state index in [0.717, 1.165) is 52.2 Å². The van der Waals surface area contributed by atoms with Crippen molar-refractivity contribution in [3.8, 4) is 11.3 Å². The molecule has 0 N–H and O–H groups in total. The van der Waals surface area contributed by atoms with Gasteiger partial charge in [-0.05, 0) is 54.7 Å². The number of nitrogens with zero attached hydrogens (tertiary/aromatic N) is 3. The third-order valence-corrected chi connectivity index (χ3v) is 7.22. The third-order valence-electron chi connectivity index (χ3n) is 6.97. The van der Waals surface area contributed by atoms with Gasteiger partial charge in [-0.1, -0.05) is 48.8 Å². The molecule has 1 saturated heterocycles. The van der Waals surface area contributed by atoms with Crippen LogP contribution in [0.2, 0.25) is 5.02 Å². The Morgan fingerprint density at radius 2 is 1.82 bits per heavy atom. The first-order chi connectivity index (χ1) is 16.5. The summed E-state index contributed by atoms with van der Waals surface area (Å²) in [7, 11) is 0. The highest BCUT2D eigenvalue weighted by Crippen LogP contribution is 2.35. The van der Waals surface area contributed by atoms with E-state index >= 15 is 0 Å². The minimum Gasteiger partial charge on any atom is -0.356 e. The molecule has 34 heavy (non-hydrogen) atoms. The fraction of sp³-hybridized carbons (Fsp3) is 0.370. The number of carbonyl (C=O) groups excluding carboxylic acids is 2. The molecule has 3 heterocycles. The highest BCUT2D eigenvalue weighted by molar-refractivity contribution is 6.30. The molecule has 2 aliphatic rings. The van der Waals surface area contributed by atoms with Crippen molar-refractivity contribution >= 4 is 29.1 Å². The Hall–Kier alpha value is -3.12. The third kappa shape index (κ3) is 4.00. The lowest BCUT2D eigenvalue weighted by Crippen LogP contribution is -2.40. The number of fused-ring (bicyclic) bond motifs is 1. The van der Waals surface area contributed by atoms with Crippen molar-refractivity contribution in [3.63, 3.8) is 0 Å². The van der Waals surface area contributed by atoms with E-state index in [2.05, 4.69) is 31.1 Å². The number of amides is 2. The predicted molar refractivity (Wildman–Crippen MR) is 132 cm³/mol. The van der Waals surface area contributed by atoms with Gasteiger partial charge >= 0.3 is 0 Å². The van der Waals surface area contributed by atoms with Crippen LogP contribution in [-0.4, -0.2) is 35.0 Å². The van der Waals surface area contributed by atoms with Gasteiger partial charge in [0.2, 0.25) is 11.8 Å². The quantitative estimate of drug-likeness (QED) is 0.515. The van der Waals surface area contributed by atoms with E-state index in [1.807, 2.05) is 40.1 Å². The van der Waals surface area contributed by atoms with Gasteiger partial charge < -0.3 is 14.3 Å². The smallest absolute Gasteiger partial charge is 0.228 e. The number of para-hydroxylation sites is 1. The van der Waals surface area contributed by atoms with Crippen molar-refractivity contribution in [3.05, 3.63) is 69.9 Å². The van der Waals surface area contributed by atoms with Crippen LogP contribution in [0.4, 0.5) is 5.69 Å².